The summed E-state index contributed by atoms with van der Waals surface area (Å²) in [5.41, 5.74) is 12.9. The second kappa shape index (κ2) is 18.8. The van der Waals surface area contributed by atoms with Gasteiger partial charge in [-0.2, -0.15) is 0 Å². The molecule has 11 rings (SSSR count). The van der Waals surface area contributed by atoms with Crippen molar-refractivity contribution in [3.05, 3.63) is 187 Å². The van der Waals surface area contributed by atoms with Gasteiger partial charge in [0.2, 0.25) is 0 Å². The monoisotopic (exact) mass is 1100 g/mol. The van der Waals surface area contributed by atoms with E-state index in [0.29, 0.717) is 0 Å². The van der Waals surface area contributed by atoms with Gasteiger partial charge in [-0.25, -0.2) is 0 Å². The fourth-order valence-corrected chi connectivity index (χ4v) is 10.6. The van der Waals surface area contributed by atoms with Crippen molar-refractivity contribution in [3.63, 3.8) is 0 Å². The molecule has 69 heavy (non-hydrogen) atoms. The van der Waals surface area contributed by atoms with E-state index in [0.717, 1.165) is 55.7 Å². The van der Waals surface area contributed by atoms with Gasteiger partial charge in [0.1, 0.15) is 13.7 Å². The summed E-state index contributed by atoms with van der Waals surface area (Å²) >= 11 is 0. The van der Waals surface area contributed by atoms with Crippen LogP contribution in [0.5, 0.6) is 0 Å². The molecule has 11 aromatic rings. The van der Waals surface area contributed by atoms with E-state index in [1.54, 1.807) is 0 Å². The Morgan fingerprint density at radius 2 is 1.32 bits per heavy atom. The van der Waals surface area contributed by atoms with Crippen molar-refractivity contribution in [1.82, 2.24) is 19.5 Å². The van der Waals surface area contributed by atoms with Crippen molar-refractivity contribution in [2.75, 3.05) is 0 Å². The average Bonchev–Trinajstić information content (AvgIpc) is 3.91. The van der Waals surface area contributed by atoms with E-state index in [1.807, 2.05) is 36.5 Å². The smallest absolute Gasteiger partial charge is 0.121 e. The Kier molecular flexibility index (Phi) is 12.9. The van der Waals surface area contributed by atoms with Crippen LogP contribution in [-0.2, 0) is 25.5 Å². The maximum Gasteiger partial charge on any atom is 0.121 e. The molecule has 0 fully saturated rings. The Morgan fingerprint density at radius 1 is 0.638 bits per heavy atom. The van der Waals surface area contributed by atoms with E-state index in [9.17, 15) is 0 Å². The molecule has 0 amide bonds. The summed E-state index contributed by atoms with van der Waals surface area (Å²) in [5, 5.41) is 8.31. The molecule has 1 radical (unpaired) electrons. The topological polar surface area (TPSA) is 56.7 Å². The number of hydrogen-bond acceptors (Lipinski definition) is 4. The van der Waals surface area contributed by atoms with Crippen LogP contribution in [0.4, 0.5) is 0 Å². The van der Waals surface area contributed by atoms with Crippen molar-refractivity contribution < 1.29 is 24.5 Å². The van der Waals surface area contributed by atoms with Crippen LogP contribution in [0, 0.1) is 12.1 Å². The maximum absolute atomic E-state index is 7.07. The number of imidazole rings is 1. The van der Waals surface area contributed by atoms with Crippen LogP contribution in [0.1, 0.15) is 77.0 Å². The van der Waals surface area contributed by atoms with Crippen LogP contribution >= 0.6 is 0 Å². The molecule has 0 N–H and O–H groups in total. The third-order valence-corrected chi connectivity index (χ3v) is 14.9. The zero-order valence-corrected chi connectivity index (χ0v) is 44.6. The molecule has 0 saturated carbocycles. The van der Waals surface area contributed by atoms with Gasteiger partial charge in [0, 0.05) is 42.7 Å². The molecule has 8 aromatic carbocycles. The van der Waals surface area contributed by atoms with Crippen molar-refractivity contribution in [3.8, 4) is 39.6 Å². The number of fused-ring (bicyclic) bond motifs is 7. The number of para-hydroxylation sites is 2. The van der Waals surface area contributed by atoms with E-state index in [-0.39, 0.29) is 37.4 Å². The van der Waals surface area contributed by atoms with Crippen molar-refractivity contribution in [1.29, 1.82) is 0 Å². The van der Waals surface area contributed by atoms with Crippen molar-refractivity contribution >= 4 is 67.9 Å². The largest absolute Gasteiger partial charge is 0.501 e. The number of rotatable bonds is 7. The quantitative estimate of drug-likeness (QED) is 0.0907. The van der Waals surface area contributed by atoms with Gasteiger partial charge < -0.3 is 8.98 Å². The van der Waals surface area contributed by atoms with Gasteiger partial charge in [-0.1, -0.05) is 158 Å². The van der Waals surface area contributed by atoms with Crippen LogP contribution in [-0.4, -0.2) is 27.6 Å². The molecule has 347 valence electrons. The second-order valence-electron chi connectivity index (χ2n) is 20.7. The fraction of sp³-hybridized carbons (Fsp3) is 0.210. The molecular weight excluding hydrogens is 1040 g/mol. The average molecular weight is 1100 g/mol. The van der Waals surface area contributed by atoms with E-state index < -0.39 is 8.07 Å². The number of nitrogens with zero attached hydrogens (tertiary/aromatic N) is 4. The molecule has 3 aromatic heterocycles. The molecule has 0 saturated heterocycles. The summed E-state index contributed by atoms with van der Waals surface area (Å²) in [7, 11) is -1.36. The van der Waals surface area contributed by atoms with E-state index >= 15 is 0 Å². The van der Waals surface area contributed by atoms with Crippen LogP contribution in [0.15, 0.2) is 162 Å². The molecule has 0 aliphatic rings. The minimum absolute atomic E-state index is 0. The molecule has 7 heteroatoms. The zero-order valence-electron chi connectivity index (χ0n) is 41.2. The second-order valence-corrected chi connectivity index (χ2v) is 25.7. The first-order valence-electron chi connectivity index (χ1n) is 23.9. The SMILES string of the molecule is CC(C)c1cc(-c2ccccc2)cc(C(C)C)c1-n1c(-c2[c-]cc(C(C)(C)C)c3c2oc2cc4c(ccc5ccccc54)cc23)nc2ccccc21.C[Si](C)(C)c1ccnc(-c2[c-]cccc2)n1.[Ir]. The fourth-order valence-electron chi connectivity index (χ4n) is 9.56. The normalized spacial score (nSPS) is 12.1. The van der Waals surface area contributed by atoms with Gasteiger partial charge in [-0.05, 0) is 104 Å². The third kappa shape index (κ3) is 9.00. The molecule has 5 nitrogen and oxygen atoms in total. The molecular formula is C62H58IrN4OSi-2. The predicted molar refractivity (Wildman–Crippen MR) is 289 cm³/mol. The minimum atomic E-state index is -1.36. The number of benzene rings is 8. The standard InChI is InChI=1S/C49H43N2O.C13H15N2Si.Ir/c1-29(2)37-26-34(31-15-9-8-10-16-31)27-38(30(3)4)46(37)51-43-20-14-13-19-42(43)50-48(51)36-23-24-41(49(5,6)7)45-40-25-33-22-21-32-17-11-12-18-35(32)39(33)28-44(40)52-47(36)45;1-16(2,3)12-9-10-14-13(15-12)11-7-5-4-6-8-11;/h8-22,24-30H,1-7H3;4-7,9-10H,1-3H3;/q2*-1;. The molecule has 0 atom stereocenters. The van der Waals surface area contributed by atoms with Gasteiger partial charge in [0.15, 0.2) is 0 Å². The molecule has 3 heterocycles. The molecule has 0 spiro atoms. The van der Waals surface area contributed by atoms with Gasteiger partial charge in [-0.15, -0.1) is 53.6 Å². The van der Waals surface area contributed by atoms with Crippen molar-refractivity contribution in [2.45, 2.75) is 85.4 Å². The van der Waals surface area contributed by atoms with Gasteiger partial charge >= 0.3 is 0 Å². The zero-order chi connectivity index (χ0) is 47.5. The molecule has 0 bridgehead atoms. The summed E-state index contributed by atoms with van der Waals surface area (Å²) in [6.07, 6.45) is 1.84. The number of hydrogen-bond donors (Lipinski definition) is 0. The molecule has 0 unspecified atom stereocenters. The Bertz CT molecular complexity index is 3620. The molecule has 0 aliphatic carbocycles. The van der Waals surface area contributed by atoms with E-state index in [2.05, 4.69) is 216 Å². The number of aromatic nitrogens is 4. The van der Waals surface area contributed by atoms with Crippen molar-refractivity contribution in [2.24, 2.45) is 0 Å². The summed E-state index contributed by atoms with van der Waals surface area (Å²) < 4.78 is 9.46. The van der Waals surface area contributed by atoms with Crippen LogP contribution in [0.25, 0.3) is 94.1 Å². The first-order valence-corrected chi connectivity index (χ1v) is 27.4. The first-order chi connectivity index (χ1) is 32.7. The van der Waals surface area contributed by atoms with Crippen LogP contribution in [0.2, 0.25) is 19.6 Å². The van der Waals surface area contributed by atoms with Gasteiger partial charge in [-0.3, -0.25) is 15.0 Å². The van der Waals surface area contributed by atoms with E-state index in [1.165, 1.54) is 60.4 Å². The predicted octanol–water partition coefficient (Wildman–Crippen LogP) is 16.4. The first kappa shape index (κ1) is 47.6. The summed E-state index contributed by atoms with van der Waals surface area (Å²) in [6.45, 7) is 22.9. The third-order valence-electron chi connectivity index (χ3n) is 13.1. The maximum atomic E-state index is 7.07. The van der Waals surface area contributed by atoms with Crippen LogP contribution < -0.4 is 5.32 Å². The number of furan rings is 1. The Morgan fingerprint density at radius 3 is 2.01 bits per heavy atom. The van der Waals surface area contributed by atoms with Crippen LogP contribution in [0.3, 0.4) is 0 Å². The Hall–Kier alpha value is -6.50. The van der Waals surface area contributed by atoms with Gasteiger partial charge in [0.05, 0.1) is 28.3 Å². The van der Waals surface area contributed by atoms with E-state index in [4.69, 9.17) is 9.40 Å². The summed E-state index contributed by atoms with van der Waals surface area (Å²) in [4.78, 5) is 14.4. The van der Waals surface area contributed by atoms with Gasteiger partial charge in [0.25, 0.3) is 0 Å². The molecule has 0 aliphatic heterocycles. The Balaban J connectivity index is 0.000000296. The summed E-state index contributed by atoms with van der Waals surface area (Å²) in [5.74, 6) is 2.16. The Labute approximate surface area is 421 Å². The summed E-state index contributed by atoms with van der Waals surface area (Å²) in [6, 6.07) is 60.6. The minimum Gasteiger partial charge on any atom is -0.501 e.